The normalized spacial score (nSPS) is 24.0. The zero-order valence-electron chi connectivity index (χ0n) is 29.6. The van der Waals surface area contributed by atoms with E-state index in [4.69, 9.17) is 0 Å². The van der Waals surface area contributed by atoms with Gasteiger partial charge in [0.2, 0.25) is 0 Å². The SMILES string of the molecule is CC1(c2ccc(-c3ccc4ccccc4c3)cc2[N+]2=C(c3ccccc3)NC2C2=CC3(C)C=CC=CC3c3ccccc32)C=Cc2ccccc2C1. The molecule has 0 bridgehead atoms. The Kier molecular flexibility index (Phi) is 6.98. The third-order valence-corrected chi connectivity index (χ3v) is 11.9. The van der Waals surface area contributed by atoms with Crippen LogP contribution in [0.5, 0.6) is 0 Å². The first kappa shape index (κ1) is 30.8. The minimum absolute atomic E-state index is 0.0532. The molecule has 250 valence electrons. The Labute approximate surface area is 306 Å². The molecule has 1 aliphatic heterocycles. The smallest absolute Gasteiger partial charge is 0.229 e. The van der Waals surface area contributed by atoms with Crippen molar-refractivity contribution in [2.45, 2.75) is 37.8 Å². The number of allylic oxidation sites excluding steroid dienone is 6. The number of nitrogens with zero attached hydrogens (tertiary/aromatic N) is 1. The average molecular weight is 670 g/mol. The van der Waals surface area contributed by atoms with Crippen LogP contribution in [0.25, 0.3) is 33.5 Å². The van der Waals surface area contributed by atoms with Crippen molar-refractivity contribution in [1.82, 2.24) is 5.32 Å². The van der Waals surface area contributed by atoms with Crippen LogP contribution in [0.3, 0.4) is 0 Å². The van der Waals surface area contributed by atoms with Crippen LogP contribution >= 0.6 is 0 Å². The molecule has 0 aromatic heterocycles. The lowest BCUT2D eigenvalue weighted by Crippen LogP contribution is -2.58. The van der Waals surface area contributed by atoms with E-state index in [0.717, 1.165) is 12.3 Å². The van der Waals surface area contributed by atoms with Crippen molar-refractivity contribution in [1.29, 1.82) is 0 Å². The maximum atomic E-state index is 4.02. The van der Waals surface area contributed by atoms with Gasteiger partial charge in [-0.05, 0) is 74.8 Å². The molecule has 0 fully saturated rings. The summed E-state index contributed by atoms with van der Waals surface area (Å²) in [6.45, 7) is 4.80. The molecular weight excluding hydrogens is 629 g/mol. The molecule has 0 saturated heterocycles. The molecule has 6 aromatic rings. The molecule has 52 heavy (non-hydrogen) atoms. The molecule has 0 spiro atoms. The van der Waals surface area contributed by atoms with E-state index in [1.165, 1.54) is 66.5 Å². The summed E-state index contributed by atoms with van der Waals surface area (Å²) in [5, 5.41) is 6.54. The second-order valence-corrected chi connectivity index (χ2v) is 15.3. The van der Waals surface area contributed by atoms with Gasteiger partial charge in [-0.3, -0.25) is 0 Å². The van der Waals surface area contributed by atoms with E-state index in [2.05, 4.69) is 206 Å². The van der Waals surface area contributed by atoms with Crippen LogP contribution in [0, 0.1) is 5.41 Å². The number of benzene rings is 6. The molecule has 0 radical (unpaired) electrons. The summed E-state index contributed by atoms with van der Waals surface area (Å²) in [5.41, 5.74) is 12.6. The van der Waals surface area contributed by atoms with Crippen LogP contribution in [0.15, 0.2) is 176 Å². The first-order valence-corrected chi connectivity index (χ1v) is 18.5. The first-order chi connectivity index (χ1) is 25.5. The Bertz CT molecular complexity index is 2570. The van der Waals surface area contributed by atoms with Crippen LogP contribution in [-0.2, 0) is 11.8 Å². The van der Waals surface area contributed by atoms with Crippen molar-refractivity contribution in [2.24, 2.45) is 5.41 Å². The van der Waals surface area contributed by atoms with E-state index < -0.39 is 0 Å². The highest BCUT2D eigenvalue weighted by Crippen LogP contribution is 2.52. The summed E-state index contributed by atoms with van der Waals surface area (Å²) in [5.74, 6) is 1.44. The van der Waals surface area contributed by atoms with Gasteiger partial charge < -0.3 is 0 Å². The molecule has 0 amide bonds. The molecule has 2 nitrogen and oxygen atoms in total. The van der Waals surface area contributed by atoms with E-state index in [1.54, 1.807) is 0 Å². The summed E-state index contributed by atoms with van der Waals surface area (Å²) in [4.78, 5) is 0. The van der Waals surface area contributed by atoms with Gasteiger partial charge in [-0.1, -0.05) is 172 Å². The maximum Gasteiger partial charge on any atom is 0.289 e. The second kappa shape index (κ2) is 11.8. The zero-order valence-corrected chi connectivity index (χ0v) is 29.6. The first-order valence-electron chi connectivity index (χ1n) is 18.5. The Morgan fingerprint density at radius 3 is 2.31 bits per heavy atom. The van der Waals surface area contributed by atoms with Gasteiger partial charge in [0, 0.05) is 27.9 Å². The van der Waals surface area contributed by atoms with Crippen molar-refractivity contribution in [2.75, 3.05) is 0 Å². The lowest BCUT2D eigenvalue weighted by atomic mass is 9.64. The van der Waals surface area contributed by atoms with E-state index in [0.29, 0.717) is 5.92 Å². The van der Waals surface area contributed by atoms with E-state index in [-0.39, 0.29) is 17.0 Å². The van der Waals surface area contributed by atoms with Crippen molar-refractivity contribution >= 4 is 33.9 Å². The Hall–Kier alpha value is -5.99. The van der Waals surface area contributed by atoms with Crippen molar-refractivity contribution in [3.05, 3.63) is 209 Å². The van der Waals surface area contributed by atoms with Crippen LogP contribution in [-0.4, -0.2) is 16.6 Å². The highest BCUT2D eigenvalue weighted by Gasteiger charge is 2.48. The monoisotopic (exact) mass is 669 g/mol. The summed E-state index contributed by atoms with van der Waals surface area (Å²) < 4.78 is 2.60. The van der Waals surface area contributed by atoms with Gasteiger partial charge in [0.25, 0.3) is 12.0 Å². The minimum atomic E-state index is -0.208. The largest absolute Gasteiger partial charge is 0.289 e. The average Bonchev–Trinajstić information content (AvgIpc) is 3.17. The molecular formula is C50H41N2+. The predicted molar refractivity (Wildman–Crippen MR) is 217 cm³/mol. The fraction of sp³-hybridized carbons (Fsp3) is 0.140. The molecule has 3 aliphatic carbocycles. The Morgan fingerprint density at radius 2 is 1.40 bits per heavy atom. The van der Waals surface area contributed by atoms with Crippen LogP contribution in [0.4, 0.5) is 5.69 Å². The quantitative estimate of drug-likeness (QED) is 0.181. The molecule has 4 aliphatic rings. The van der Waals surface area contributed by atoms with Crippen LogP contribution < -0.4 is 5.32 Å². The standard InChI is InChI=1S/C50H40N2/c1-49-28-13-12-22-44(49)42-21-11-10-20-41(42)43(33-49)48-51-47(36-16-4-3-5-17-36)52(48)46-31-39(38-24-23-34-14-6-8-18-37(34)30-38)25-26-45(46)50(2)29-27-35-15-7-9-19-40(35)32-50/h3-31,33,44,48H,32H2,1-2H3/p+1. The molecule has 4 atom stereocenters. The molecule has 6 aromatic carbocycles. The number of hydrogen-bond acceptors (Lipinski definition) is 1. The third kappa shape index (κ3) is 4.89. The number of fused-ring (bicyclic) bond motifs is 5. The van der Waals surface area contributed by atoms with Crippen LogP contribution in [0.1, 0.15) is 53.1 Å². The highest BCUT2D eigenvalue weighted by atomic mass is 15.4. The summed E-state index contributed by atoms with van der Waals surface area (Å²) in [6, 6.07) is 51.5. The third-order valence-electron chi connectivity index (χ3n) is 11.9. The summed E-state index contributed by atoms with van der Waals surface area (Å²) >= 11 is 0. The van der Waals surface area contributed by atoms with Crippen molar-refractivity contribution in [3.63, 3.8) is 0 Å². The second-order valence-electron chi connectivity index (χ2n) is 15.3. The molecule has 2 heteroatoms. The highest BCUT2D eigenvalue weighted by molar-refractivity contribution is 6.00. The van der Waals surface area contributed by atoms with Crippen molar-refractivity contribution in [3.8, 4) is 11.1 Å². The fourth-order valence-corrected chi connectivity index (χ4v) is 9.15. The minimum Gasteiger partial charge on any atom is -0.229 e. The molecule has 1 N–H and O–H groups in total. The maximum absolute atomic E-state index is 4.02. The zero-order chi connectivity index (χ0) is 34.9. The number of hydrogen-bond donors (Lipinski definition) is 1. The topological polar surface area (TPSA) is 15.0 Å². The van der Waals surface area contributed by atoms with Gasteiger partial charge in [-0.25, -0.2) is 5.32 Å². The number of amidine groups is 1. The van der Waals surface area contributed by atoms with Gasteiger partial charge in [0.1, 0.15) is 5.69 Å². The van der Waals surface area contributed by atoms with Gasteiger partial charge in [0.15, 0.2) is 0 Å². The fourth-order valence-electron chi connectivity index (χ4n) is 9.15. The molecule has 4 unspecified atom stereocenters. The molecule has 0 saturated carbocycles. The van der Waals surface area contributed by atoms with Crippen molar-refractivity contribution < 1.29 is 4.58 Å². The lowest BCUT2D eigenvalue weighted by molar-refractivity contribution is -0.506. The van der Waals surface area contributed by atoms with Gasteiger partial charge in [-0.2, -0.15) is 4.58 Å². The molecule has 1 heterocycles. The van der Waals surface area contributed by atoms with Gasteiger partial charge in [-0.15, -0.1) is 0 Å². The van der Waals surface area contributed by atoms with E-state index in [9.17, 15) is 0 Å². The van der Waals surface area contributed by atoms with E-state index >= 15 is 0 Å². The number of nitrogens with one attached hydrogen (secondary N) is 1. The Morgan fingerprint density at radius 1 is 0.654 bits per heavy atom. The molecule has 10 rings (SSSR count). The predicted octanol–water partition coefficient (Wildman–Crippen LogP) is 11.4. The summed E-state index contributed by atoms with van der Waals surface area (Å²) in [6.07, 6.45) is 17.4. The number of rotatable bonds is 5. The summed E-state index contributed by atoms with van der Waals surface area (Å²) in [7, 11) is 0. The van der Waals surface area contributed by atoms with Gasteiger partial charge >= 0.3 is 0 Å². The van der Waals surface area contributed by atoms with Crippen LogP contribution in [0.2, 0.25) is 0 Å². The van der Waals surface area contributed by atoms with E-state index in [1.807, 2.05) is 0 Å². The Balaban J connectivity index is 1.21. The lowest BCUT2D eigenvalue weighted by Gasteiger charge is -2.42. The van der Waals surface area contributed by atoms with Gasteiger partial charge in [0.05, 0.1) is 5.56 Å².